The predicted molar refractivity (Wildman–Crippen MR) is 88.9 cm³/mol. The standard InChI is InChI=1S/C16H13FN2OS2/c1-10-2-3-14(13(17)6-10)19-15(20)7-12-9-22-16(18-12)11-4-5-21-8-11/h2-6,8-9H,7H2,1H3,(H,19,20). The number of hydrogen-bond donors (Lipinski definition) is 1. The van der Waals surface area contributed by atoms with Crippen molar-refractivity contribution in [3.8, 4) is 10.6 Å². The zero-order valence-electron chi connectivity index (χ0n) is 11.8. The summed E-state index contributed by atoms with van der Waals surface area (Å²) in [7, 11) is 0. The van der Waals surface area contributed by atoms with Crippen LogP contribution in [0.4, 0.5) is 10.1 Å². The highest BCUT2D eigenvalue weighted by atomic mass is 32.1. The van der Waals surface area contributed by atoms with Gasteiger partial charge in [0.05, 0.1) is 17.8 Å². The average molecular weight is 332 g/mol. The fourth-order valence-corrected chi connectivity index (χ4v) is 3.52. The van der Waals surface area contributed by atoms with Gasteiger partial charge in [-0.25, -0.2) is 9.37 Å². The molecule has 1 N–H and O–H groups in total. The van der Waals surface area contributed by atoms with Crippen LogP contribution < -0.4 is 5.32 Å². The Labute approximate surface area is 135 Å². The Morgan fingerprint density at radius 2 is 2.18 bits per heavy atom. The summed E-state index contributed by atoms with van der Waals surface area (Å²) in [4.78, 5) is 16.4. The van der Waals surface area contributed by atoms with Gasteiger partial charge in [-0.1, -0.05) is 6.07 Å². The average Bonchev–Trinajstić information content (AvgIpc) is 3.12. The second kappa shape index (κ2) is 6.37. The molecule has 0 unspecified atom stereocenters. The number of anilines is 1. The first-order chi connectivity index (χ1) is 10.6. The first-order valence-corrected chi connectivity index (χ1v) is 8.47. The van der Waals surface area contributed by atoms with Gasteiger partial charge in [-0.3, -0.25) is 4.79 Å². The predicted octanol–water partition coefficient (Wildman–Crippen LogP) is 4.50. The molecule has 22 heavy (non-hydrogen) atoms. The van der Waals surface area contributed by atoms with Crippen molar-refractivity contribution < 1.29 is 9.18 Å². The van der Waals surface area contributed by atoms with Crippen LogP contribution >= 0.6 is 22.7 Å². The molecule has 0 aliphatic rings. The van der Waals surface area contributed by atoms with Crippen molar-refractivity contribution in [1.29, 1.82) is 0 Å². The molecule has 3 aromatic rings. The zero-order valence-corrected chi connectivity index (χ0v) is 13.4. The molecule has 6 heteroatoms. The summed E-state index contributed by atoms with van der Waals surface area (Å²) in [6, 6.07) is 6.72. The number of nitrogens with zero attached hydrogens (tertiary/aromatic N) is 1. The summed E-state index contributed by atoms with van der Waals surface area (Å²) in [6.07, 6.45) is 0.133. The van der Waals surface area contributed by atoms with Crippen molar-refractivity contribution in [2.24, 2.45) is 0 Å². The van der Waals surface area contributed by atoms with E-state index in [1.54, 1.807) is 30.4 Å². The number of hydrogen-bond acceptors (Lipinski definition) is 4. The van der Waals surface area contributed by atoms with Crippen molar-refractivity contribution in [3.05, 3.63) is 57.5 Å². The third-order valence-corrected chi connectivity index (χ3v) is 4.68. The van der Waals surface area contributed by atoms with E-state index < -0.39 is 5.82 Å². The normalized spacial score (nSPS) is 10.6. The lowest BCUT2D eigenvalue weighted by molar-refractivity contribution is -0.115. The summed E-state index contributed by atoms with van der Waals surface area (Å²) < 4.78 is 13.7. The molecule has 3 nitrogen and oxygen atoms in total. The van der Waals surface area contributed by atoms with Crippen molar-refractivity contribution in [1.82, 2.24) is 4.98 Å². The molecule has 0 saturated carbocycles. The fraction of sp³-hybridized carbons (Fsp3) is 0.125. The lowest BCUT2D eigenvalue weighted by Crippen LogP contribution is -2.15. The number of carbonyl (C=O) groups excluding carboxylic acids is 1. The SMILES string of the molecule is Cc1ccc(NC(=O)Cc2csc(-c3ccsc3)n2)c(F)c1. The molecule has 0 spiro atoms. The minimum Gasteiger partial charge on any atom is -0.323 e. The van der Waals surface area contributed by atoms with Crippen LogP contribution in [0, 0.1) is 12.7 Å². The lowest BCUT2D eigenvalue weighted by Gasteiger charge is -2.06. The van der Waals surface area contributed by atoms with Gasteiger partial charge < -0.3 is 5.32 Å². The molecule has 2 aromatic heterocycles. The molecular weight excluding hydrogens is 319 g/mol. The van der Waals surface area contributed by atoms with Crippen LogP contribution in [0.5, 0.6) is 0 Å². The lowest BCUT2D eigenvalue weighted by atomic mass is 10.2. The topological polar surface area (TPSA) is 42.0 Å². The molecule has 0 radical (unpaired) electrons. The monoisotopic (exact) mass is 332 g/mol. The smallest absolute Gasteiger partial charge is 0.230 e. The van der Waals surface area contributed by atoms with Gasteiger partial charge in [0.1, 0.15) is 10.8 Å². The van der Waals surface area contributed by atoms with Gasteiger partial charge in [0.2, 0.25) is 5.91 Å². The molecule has 1 amide bonds. The van der Waals surface area contributed by atoms with Gasteiger partial charge in [0.15, 0.2) is 0 Å². The summed E-state index contributed by atoms with van der Waals surface area (Å²) in [5, 5.41) is 9.34. The third-order valence-electron chi connectivity index (χ3n) is 3.06. The van der Waals surface area contributed by atoms with E-state index in [1.807, 2.05) is 22.2 Å². The Bertz CT molecular complexity index is 796. The molecular formula is C16H13FN2OS2. The van der Waals surface area contributed by atoms with Crippen LogP contribution in [0.15, 0.2) is 40.4 Å². The van der Waals surface area contributed by atoms with Gasteiger partial charge in [-0.05, 0) is 36.1 Å². The molecule has 0 aliphatic heterocycles. The Balaban J connectivity index is 1.67. The van der Waals surface area contributed by atoms with E-state index in [4.69, 9.17) is 0 Å². The molecule has 3 rings (SSSR count). The third kappa shape index (κ3) is 3.40. The largest absolute Gasteiger partial charge is 0.323 e. The maximum absolute atomic E-state index is 13.7. The number of benzene rings is 1. The number of aromatic nitrogens is 1. The Hall–Kier alpha value is -2.05. The molecule has 0 fully saturated rings. The Morgan fingerprint density at radius 1 is 1.32 bits per heavy atom. The van der Waals surface area contributed by atoms with Gasteiger partial charge in [0, 0.05) is 16.3 Å². The number of thiazole rings is 1. The van der Waals surface area contributed by atoms with Crippen LogP contribution in [0.25, 0.3) is 10.6 Å². The first kappa shape index (κ1) is 14.9. The number of thiophene rings is 1. The van der Waals surface area contributed by atoms with Crippen molar-refractivity contribution in [2.45, 2.75) is 13.3 Å². The van der Waals surface area contributed by atoms with Crippen LogP contribution in [0.3, 0.4) is 0 Å². The highest BCUT2D eigenvalue weighted by Gasteiger charge is 2.11. The molecule has 112 valence electrons. The molecule has 0 bridgehead atoms. The maximum atomic E-state index is 13.7. The summed E-state index contributed by atoms with van der Waals surface area (Å²) in [6.45, 7) is 1.80. The van der Waals surface area contributed by atoms with Gasteiger partial charge in [0.25, 0.3) is 0 Å². The van der Waals surface area contributed by atoms with E-state index in [2.05, 4.69) is 10.3 Å². The van der Waals surface area contributed by atoms with Crippen LogP contribution in [-0.2, 0) is 11.2 Å². The van der Waals surface area contributed by atoms with Crippen molar-refractivity contribution in [3.63, 3.8) is 0 Å². The molecule has 0 saturated heterocycles. The van der Waals surface area contributed by atoms with Crippen LogP contribution in [0.1, 0.15) is 11.3 Å². The van der Waals surface area contributed by atoms with Crippen molar-refractivity contribution >= 4 is 34.3 Å². The summed E-state index contributed by atoms with van der Waals surface area (Å²) in [5.74, 6) is -0.699. The number of amides is 1. The Kier molecular flexibility index (Phi) is 4.31. The van der Waals surface area contributed by atoms with Crippen molar-refractivity contribution in [2.75, 3.05) is 5.32 Å². The molecule has 2 heterocycles. The number of aryl methyl sites for hydroxylation is 1. The number of carbonyl (C=O) groups is 1. The van der Waals surface area contributed by atoms with Gasteiger partial charge in [-0.15, -0.1) is 11.3 Å². The maximum Gasteiger partial charge on any atom is 0.230 e. The van der Waals surface area contributed by atoms with E-state index in [1.165, 1.54) is 17.4 Å². The molecule has 0 atom stereocenters. The number of rotatable bonds is 4. The van der Waals surface area contributed by atoms with E-state index in [0.717, 1.165) is 16.1 Å². The molecule has 0 aliphatic carbocycles. The zero-order chi connectivity index (χ0) is 15.5. The number of nitrogens with one attached hydrogen (secondary N) is 1. The van der Waals surface area contributed by atoms with Crippen LogP contribution in [-0.4, -0.2) is 10.9 Å². The fourth-order valence-electron chi connectivity index (χ4n) is 1.99. The van der Waals surface area contributed by atoms with Gasteiger partial charge in [-0.2, -0.15) is 11.3 Å². The second-order valence-corrected chi connectivity index (χ2v) is 6.50. The quantitative estimate of drug-likeness (QED) is 0.764. The second-order valence-electron chi connectivity index (χ2n) is 4.86. The summed E-state index contributed by atoms with van der Waals surface area (Å²) in [5.41, 5.74) is 2.77. The van der Waals surface area contributed by atoms with Crippen LogP contribution in [0.2, 0.25) is 0 Å². The first-order valence-electron chi connectivity index (χ1n) is 6.65. The minimum absolute atomic E-state index is 0.133. The highest BCUT2D eigenvalue weighted by molar-refractivity contribution is 7.14. The van der Waals surface area contributed by atoms with E-state index in [9.17, 15) is 9.18 Å². The van der Waals surface area contributed by atoms with Gasteiger partial charge >= 0.3 is 0 Å². The van der Waals surface area contributed by atoms with E-state index >= 15 is 0 Å². The number of halogens is 1. The minimum atomic E-state index is -0.425. The van der Waals surface area contributed by atoms with E-state index in [-0.39, 0.29) is 18.0 Å². The highest BCUT2D eigenvalue weighted by Crippen LogP contribution is 2.26. The van der Waals surface area contributed by atoms with E-state index in [0.29, 0.717) is 5.69 Å². The molecule has 1 aromatic carbocycles. The summed E-state index contributed by atoms with van der Waals surface area (Å²) >= 11 is 3.11. The Morgan fingerprint density at radius 3 is 2.91 bits per heavy atom.